The maximum absolute atomic E-state index is 12.4. The van der Waals surface area contributed by atoms with E-state index in [9.17, 15) is 14.8 Å². The molecule has 0 unspecified atom stereocenters. The summed E-state index contributed by atoms with van der Waals surface area (Å²) in [7, 11) is 0. The van der Waals surface area contributed by atoms with Gasteiger partial charge in [0, 0.05) is 0 Å². The summed E-state index contributed by atoms with van der Waals surface area (Å²) in [4.78, 5) is 32.7. The zero-order chi connectivity index (χ0) is 14.6. The van der Waals surface area contributed by atoms with E-state index < -0.39 is 11.8 Å². The second kappa shape index (κ2) is 3.92. The topological polar surface area (TPSA) is 91.0 Å². The Bertz CT molecular complexity index is 775. The minimum atomic E-state index is -0.395. The van der Waals surface area contributed by atoms with E-state index >= 15 is 0 Å². The summed E-state index contributed by atoms with van der Waals surface area (Å²) < 4.78 is 0.797. The van der Waals surface area contributed by atoms with Crippen molar-refractivity contribution >= 4 is 24.0 Å². The van der Waals surface area contributed by atoms with Crippen molar-refractivity contribution in [3.05, 3.63) is 47.4 Å². The van der Waals surface area contributed by atoms with Crippen LogP contribution in [0.4, 0.5) is 5.82 Å². The van der Waals surface area contributed by atoms with Crippen molar-refractivity contribution in [1.82, 2.24) is 19.7 Å². The van der Waals surface area contributed by atoms with Crippen molar-refractivity contribution in [2.24, 2.45) is 4.99 Å². The Hall–Kier alpha value is -3.16. The number of aromatic nitrogens is 2. The number of nitrogens with zero attached hydrogens (tertiary/aromatic N) is 5. The molecule has 1 aromatic heterocycles. The van der Waals surface area contributed by atoms with E-state index in [2.05, 4.69) is 9.98 Å². The number of hydrogen-bond donors (Lipinski definition) is 1. The summed E-state index contributed by atoms with van der Waals surface area (Å²) in [6, 6.07) is 6.65. The molecule has 0 saturated carbocycles. The van der Waals surface area contributed by atoms with Gasteiger partial charge in [-0.05, 0) is 12.1 Å². The number of carbonyl (C=O) groups excluding carboxylic acids is 2. The predicted molar refractivity (Wildman–Crippen MR) is 70.0 cm³/mol. The SMILES string of the molecule is O=C1c2ccccc2C(=O)N1N1C=Nc2c(ncn2O)C1. The number of hydrazine groups is 1. The van der Waals surface area contributed by atoms with E-state index in [1.54, 1.807) is 24.3 Å². The molecule has 0 atom stereocenters. The molecule has 0 spiro atoms. The number of aliphatic imine (C=N–C) groups is 1. The number of carbonyl (C=O) groups is 2. The minimum absolute atomic E-state index is 0.178. The molecule has 21 heavy (non-hydrogen) atoms. The lowest BCUT2D eigenvalue weighted by molar-refractivity contribution is 0.0281. The number of hydrogen-bond acceptors (Lipinski definition) is 6. The van der Waals surface area contributed by atoms with Crippen LogP contribution >= 0.6 is 0 Å². The van der Waals surface area contributed by atoms with Crippen molar-refractivity contribution in [2.75, 3.05) is 0 Å². The van der Waals surface area contributed by atoms with E-state index in [4.69, 9.17) is 0 Å². The molecule has 8 heteroatoms. The maximum Gasteiger partial charge on any atom is 0.280 e. The average Bonchev–Trinajstić information content (AvgIpc) is 2.99. The molecule has 1 aromatic carbocycles. The van der Waals surface area contributed by atoms with Crippen LogP contribution < -0.4 is 0 Å². The fraction of sp³-hybridized carbons (Fsp3) is 0.0769. The molecule has 2 aromatic rings. The van der Waals surface area contributed by atoms with E-state index in [-0.39, 0.29) is 6.54 Å². The summed E-state index contributed by atoms with van der Waals surface area (Å²) in [5.41, 5.74) is 1.22. The Kier molecular flexibility index (Phi) is 2.17. The predicted octanol–water partition coefficient (Wildman–Crippen LogP) is 0.807. The minimum Gasteiger partial charge on any atom is -0.425 e. The average molecular weight is 283 g/mol. The number of benzene rings is 1. The van der Waals surface area contributed by atoms with E-state index in [0.717, 1.165) is 9.74 Å². The highest BCUT2D eigenvalue weighted by molar-refractivity contribution is 6.21. The lowest BCUT2D eigenvalue weighted by Gasteiger charge is -2.29. The lowest BCUT2D eigenvalue weighted by atomic mass is 10.1. The van der Waals surface area contributed by atoms with Gasteiger partial charge in [-0.2, -0.15) is 9.74 Å². The third kappa shape index (κ3) is 1.49. The Labute approximate surface area is 118 Å². The molecule has 0 fully saturated rings. The van der Waals surface area contributed by atoms with Gasteiger partial charge in [0.25, 0.3) is 11.8 Å². The van der Waals surface area contributed by atoms with Gasteiger partial charge in [-0.15, -0.1) is 0 Å². The Morgan fingerprint density at radius 3 is 2.43 bits per heavy atom. The van der Waals surface area contributed by atoms with Crippen LogP contribution in [0, 0.1) is 0 Å². The van der Waals surface area contributed by atoms with Gasteiger partial charge in [0.05, 0.1) is 17.7 Å². The Balaban J connectivity index is 1.71. The molecule has 2 aliphatic heterocycles. The first-order valence-corrected chi connectivity index (χ1v) is 6.21. The van der Waals surface area contributed by atoms with Gasteiger partial charge in [-0.25, -0.2) is 9.98 Å². The van der Waals surface area contributed by atoms with Crippen LogP contribution in [0.1, 0.15) is 26.4 Å². The molecule has 2 amide bonds. The molecule has 3 heterocycles. The fourth-order valence-electron chi connectivity index (χ4n) is 2.46. The fourth-order valence-corrected chi connectivity index (χ4v) is 2.46. The first-order valence-electron chi connectivity index (χ1n) is 6.21. The highest BCUT2D eigenvalue weighted by Gasteiger charge is 2.39. The van der Waals surface area contributed by atoms with Crippen LogP contribution in [0.15, 0.2) is 35.6 Å². The number of imidazole rings is 1. The molecule has 0 radical (unpaired) electrons. The number of imide groups is 1. The third-order valence-electron chi connectivity index (χ3n) is 3.45. The molecule has 4 rings (SSSR count). The molecule has 104 valence electrons. The monoisotopic (exact) mass is 283 g/mol. The van der Waals surface area contributed by atoms with Crippen molar-refractivity contribution in [1.29, 1.82) is 0 Å². The van der Waals surface area contributed by atoms with Crippen LogP contribution in [0.25, 0.3) is 0 Å². The first kappa shape index (κ1) is 11.6. The standard InChI is InChI=1S/C13H9N5O3/c19-12-8-3-1-2-4-9(8)13(20)18(12)16-5-10-11(15-6-16)17(21)7-14-10/h1-4,6-7,21H,5H2. The van der Waals surface area contributed by atoms with Crippen molar-refractivity contribution < 1.29 is 14.8 Å². The number of rotatable bonds is 1. The Morgan fingerprint density at radius 2 is 1.76 bits per heavy atom. The van der Waals surface area contributed by atoms with Crippen LogP contribution in [-0.4, -0.2) is 43.1 Å². The van der Waals surface area contributed by atoms with Gasteiger partial charge in [0.15, 0.2) is 5.82 Å². The van der Waals surface area contributed by atoms with E-state index in [0.29, 0.717) is 22.6 Å². The molecule has 0 bridgehead atoms. The van der Waals surface area contributed by atoms with Gasteiger partial charge < -0.3 is 5.21 Å². The molecule has 8 nitrogen and oxygen atoms in total. The second-order valence-electron chi connectivity index (χ2n) is 4.67. The highest BCUT2D eigenvalue weighted by Crippen LogP contribution is 2.28. The van der Waals surface area contributed by atoms with Gasteiger partial charge in [0.2, 0.25) is 0 Å². The molecule has 1 N–H and O–H groups in total. The number of amides is 2. The third-order valence-corrected chi connectivity index (χ3v) is 3.45. The second-order valence-corrected chi connectivity index (χ2v) is 4.67. The molecular formula is C13H9N5O3. The van der Waals surface area contributed by atoms with Gasteiger partial charge in [-0.3, -0.25) is 14.6 Å². The van der Waals surface area contributed by atoms with Crippen molar-refractivity contribution in [2.45, 2.75) is 6.54 Å². The molecule has 0 aliphatic carbocycles. The smallest absolute Gasteiger partial charge is 0.280 e. The zero-order valence-electron chi connectivity index (χ0n) is 10.7. The Morgan fingerprint density at radius 1 is 1.10 bits per heavy atom. The molecular weight excluding hydrogens is 274 g/mol. The summed E-state index contributed by atoms with van der Waals surface area (Å²) in [6.45, 7) is 0.178. The highest BCUT2D eigenvalue weighted by atomic mass is 16.5. The summed E-state index contributed by atoms with van der Waals surface area (Å²) in [5.74, 6) is -0.495. The van der Waals surface area contributed by atoms with Gasteiger partial charge in [-0.1, -0.05) is 12.1 Å². The lowest BCUT2D eigenvalue weighted by Crippen LogP contribution is -2.46. The van der Waals surface area contributed by atoms with E-state index in [1.165, 1.54) is 17.7 Å². The van der Waals surface area contributed by atoms with Crippen LogP contribution in [0.3, 0.4) is 0 Å². The summed E-state index contributed by atoms with van der Waals surface area (Å²) in [6.07, 6.45) is 2.55. The first-order chi connectivity index (χ1) is 10.2. The van der Waals surface area contributed by atoms with Gasteiger partial charge >= 0.3 is 0 Å². The maximum atomic E-state index is 12.4. The molecule has 0 saturated heterocycles. The number of fused-ring (bicyclic) bond motifs is 2. The van der Waals surface area contributed by atoms with Gasteiger partial charge in [0.1, 0.15) is 18.4 Å². The summed E-state index contributed by atoms with van der Waals surface area (Å²) in [5, 5.41) is 11.9. The van der Waals surface area contributed by atoms with Crippen LogP contribution in [0.2, 0.25) is 0 Å². The normalized spacial score (nSPS) is 16.4. The van der Waals surface area contributed by atoms with E-state index in [1.807, 2.05) is 0 Å². The summed E-state index contributed by atoms with van der Waals surface area (Å²) >= 11 is 0. The van der Waals surface area contributed by atoms with Crippen molar-refractivity contribution in [3.63, 3.8) is 0 Å². The largest absolute Gasteiger partial charge is 0.425 e. The zero-order valence-corrected chi connectivity index (χ0v) is 10.7. The van der Waals surface area contributed by atoms with Crippen LogP contribution in [-0.2, 0) is 6.54 Å². The molecule has 2 aliphatic rings. The quantitative estimate of drug-likeness (QED) is 0.617. The van der Waals surface area contributed by atoms with Crippen molar-refractivity contribution in [3.8, 4) is 0 Å². The van der Waals surface area contributed by atoms with Crippen LogP contribution in [0.5, 0.6) is 0 Å².